The van der Waals surface area contributed by atoms with Gasteiger partial charge in [0, 0.05) is 17.6 Å². The Kier molecular flexibility index (Phi) is 3.88. The van der Waals surface area contributed by atoms with E-state index in [1.165, 1.54) is 11.3 Å². The first-order valence-electron chi connectivity index (χ1n) is 6.84. The summed E-state index contributed by atoms with van der Waals surface area (Å²) in [5.74, 6) is -0.0499. The van der Waals surface area contributed by atoms with Crippen molar-refractivity contribution in [2.45, 2.75) is 19.8 Å². The second-order valence-electron chi connectivity index (χ2n) is 5.35. The van der Waals surface area contributed by atoms with E-state index in [0.29, 0.717) is 15.8 Å². The van der Waals surface area contributed by atoms with Crippen LogP contribution in [0.15, 0.2) is 24.5 Å². The van der Waals surface area contributed by atoms with Crippen molar-refractivity contribution in [2.75, 3.05) is 5.32 Å². The molecule has 2 heterocycles. The number of aryl methyl sites for hydroxylation is 1. The molecule has 0 unspecified atom stereocenters. The predicted molar refractivity (Wildman–Crippen MR) is 89.9 cm³/mol. The van der Waals surface area contributed by atoms with Crippen LogP contribution < -0.4 is 5.32 Å². The molecule has 0 aliphatic rings. The van der Waals surface area contributed by atoms with Crippen LogP contribution >= 0.6 is 22.9 Å². The second kappa shape index (κ2) is 5.70. The van der Waals surface area contributed by atoms with Crippen LogP contribution in [0.25, 0.3) is 11.0 Å². The third-order valence-electron chi connectivity index (χ3n) is 3.35. The number of carbonyl (C=O) groups excluding carboxylic acids is 1. The minimum Gasteiger partial charge on any atom is -0.334 e. The summed E-state index contributed by atoms with van der Waals surface area (Å²) >= 11 is 7.30. The number of imidazole rings is 1. The third-order valence-corrected chi connectivity index (χ3v) is 4.81. The molecule has 7 heteroatoms. The fraction of sp³-hybridized carbons (Fsp3) is 0.267. The zero-order valence-corrected chi connectivity index (χ0v) is 14.0. The molecule has 0 atom stereocenters. The summed E-state index contributed by atoms with van der Waals surface area (Å²) in [6.07, 6.45) is 1.74. The van der Waals surface area contributed by atoms with E-state index in [-0.39, 0.29) is 11.8 Å². The summed E-state index contributed by atoms with van der Waals surface area (Å²) in [6.45, 7) is 4.03. The number of anilines is 1. The molecule has 0 spiro atoms. The van der Waals surface area contributed by atoms with Crippen LogP contribution in [0.5, 0.6) is 0 Å². The Bertz CT molecular complexity index is 852. The first-order valence-corrected chi connectivity index (χ1v) is 8.04. The average molecular weight is 335 g/mol. The Morgan fingerprint density at radius 3 is 2.91 bits per heavy atom. The van der Waals surface area contributed by atoms with E-state index in [1.807, 2.05) is 43.7 Å². The van der Waals surface area contributed by atoms with Crippen molar-refractivity contribution in [1.29, 1.82) is 0 Å². The van der Waals surface area contributed by atoms with Crippen LogP contribution in [0.4, 0.5) is 5.69 Å². The lowest BCUT2D eigenvalue weighted by Crippen LogP contribution is -2.14. The molecule has 0 aliphatic heterocycles. The van der Waals surface area contributed by atoms with E-state index in [9.17, 15) is 4.79 Å². The van der Waals surface area contributed by atoms with Crippen molar-refractivity contribution < 1.29 is 4.79 Å². The Balaban J connectivity index is 1.89. The van der Waals surface area contributed by atoms with Crippen molar-refractivity contribution >= 4 is 45.6 Å². The zero-order chi connectivity index (χ0) is 15.9. The molecule has 1 aromatic carbocycles. The predicted octanol–water partition coefficient (Wildman–Crippen LogP) is 4.06. The van der Waals surface area contributed by atoms with Gasteiger partial charge < -0.3 is 9.88 Å². The fourth-order valence-electron chi connectivity index (χ4n) is 2.26. The maximum Gasteiger partial charge on any atom is 0.275 e. The Labute approximate surface area is 137 Å². The number of benzene rings is 1. The molecular formula is C15H15ClN4OS. The number of carbonyl (C=O) groups is 1. The molecule has 0 saturated heterocycles. The number of hydrogen-bond donors (Lipinski definition) is 1. The van der Waals surface area contributed by atoms with Gasteiger partial charge in [-0.1, -0.05) is 25.4 Å². The standard InChI is InChI=1S/C15H15ClN4OS/c1-8(2)13-12(19-15(16)22-13)14(21)18-9-4-5-11-10(6-9)17-7-20(11)3/h4-8H,1-3H3,(H,18,21). The van der Waals surface area contributed by atoms with Gasteiger partial charge in [0.25, 0.3) is 5.91 Å². The smallest absolute Gasteiger partial charge is 0.275 e. The summed E-state index contributed by atoms with van der Waals surface area (Å²) in [6, 6.07) is 5.62. The fourth-order valence-corrected chi connectivity index (χ4v) is 3.39. The molecule has 1 N–H and O–H groups in total. The second-order valence-corrected chi connectivity index (χ2v) is 6.96. The van der Waals surface area contributed by atoms with E-state index in [2.05, 4.69) is 15.3 Å². The molecule has 1 amide bonds. The maximum absolute atomic E-state index is 12.4. The summed E-state index contributed by atoms with van der Waals surface area (Å²) in [5, 5.41) is 2.87. The number of aromatic nitrogens is 3. The van der Waals surface area contributed by atoms with E-state index < -0.39 is 0 Å². The van der Waals surface area contributed by atoms with Gasteiger partial charge in [-0.2, -0.15) is 0 Å². The highest BCUT2D eigenvalue weighted by atomic mass is 35.5. The van der Waals surface area contributed by atoms with E-state index in [0.717, 1.165) is 15.9 Å². The summed E-state index contributed by atoms with van der Waals surface area (Å²) in [7, 11) is 1.93. The van der Waals surface area contributed by atoms with Crippen molar-refractivity contribution in [2.24, 2.45) is 7.05 Å². The van der Waals surface area contributed by atoms with Crippen LogP contribution in [0.1, 0.15) is 35.1 Å². The van der Waals surface area contributed by atoms with Crippen LogP contribution in [0.3, 0.4) is 0 Å². The lowest BCUT2D eigenvalue weighted by atomic mass is 10.1. The SMILES string of the molecule is CC(C)c1sc(Cl)nc1C(=O)Nc1ccc2c(c1)ncn2C. The number of amides is 1. The average Bonchev–Trinajstić information content (AvgIpc) is 3.03. The van der Waals surface area contributed by atoms with Crippen LogP contribution in [0, 0.1) is 0 Å². The number of halogens is 1. The third kappa shape index (κ3) is 2.71. The van der Waals surface area contributed by atoms with Crippen molar-refractivity contribution in [1.82, 2.24) is 14.5 Å². The molecule has 2 aromatic heterocycles. The van der Waals surface area contributed by atoms with E-state index in [1.54, 1.807) is 6.33 Å². The minimum atomic E-state index is -0.248. The Morgan fingerprint density at radius 2 is 2.18 bits per heavy atom. The molecular weight excluding hydrogens is 320 g/mol. The monoisotopic (exact) mass is 334 g/mol. The number of nitrogens with one attached hydrogen (secondary N) is 1. The van der Waals surface area contributed by atoms with Gasteiger partial charge in [-0.3, -0.25) is 4.79 Å². The van der Waals surface area contributed by atoms with Crippen molar-refractivity contribution in [3.63, 3.8) is 0 Å². The minimum absolute atomic E-state index is 0.198. The van der Waals surface area contributed by atoms with Gasteiger partial charge in [0.2, 0.25) is 0 Å². The molecule has 0 bridgehead atoms. The van der Waals surface area contributed by atoms with Gasteiger partial charge in [0.05, 0.1) is 17.4 Å². The number of rotatable bonds is 3. The van der Waals surface area contributed by atoms with Crippen LogP contribution in [0.2, 0.25) is 4.47 Å². The molecule has 22 heavy (non-hydrogen) atoms. The zero-order valence-electron chi connectivity index (χ0n) is 12.4. The van der Waals surface area contributed by atoms with Crippen molar-refractivity contribution in [3.05, 3.63) is 39.6 Å². The topological polar surface area (TPSA) is 59.8 Å². The van der Waals surface area contributed by atoms with Gasteiger partial charge in [-0.15, -0.1) is 11.3 Å². The highest BCUT2D eigenvalue weighted by Crippen LogP contribution is 2.30. The number of fused-ring (bicyclic) bond motifs is 1. The Morgan fingerprint density at radius 1 is 1.41 bits per heavy atom. The summed E-state index contributed by atoms with van der Waals surface area (Å²) < 4.78 is 2.31. The number of thiazole rings is 1. The van der Waals surface area contributed by atoms with Gasteiger partial charge in [-0.25, -0.2) is 9.97 Å². The van der Waals surface area contributed by atoms with E-state index >= 15 is 0 Å². The van der Waals surface area contributed by atoms with Gasteiger partial charge in [0.15, 0.2) is 4.47 Å². The number of nitrogens with zero attached hydrogens (tertiary/aromatic N) is 3. The molecule has 0 radical (unpaired) electrons. The lowest BCUT2D eigenvalue weighted by molar-refractivity contribution is 0.102. The molecule has 0 aliphatic carbocycles. The van der Waals surface area contributed by atoms with Gasteiger partial charge >= 0.3 is 0 Å². The normalized spacial score (nSPS) is 11.3. The van der Waals surface area contributed by atoms with Gasteiger partial charge in [-0.05, 0) is 24.1 Å². The maximum atomic E-state index is 12.4. The Hall–Kier alpha value is -1.92. The van der Waals surface area contributed by atoms with E-state index in [4.69, 9.17) is 11.6 Å². The molecule has 0 fully saturated rings. The molecule has 114 valence electrons. The quantitative estimate of drug-likeness (QED) is 0.785. The molecule has 0 saturated carbocycles. The highest BCUT2D eigenvalue weighted by molar-refractivity contribution is 7.16. The summed E-state index contributed by atoms with van der Waals surface area (Å²) in [4.78, 5) is 21.8. The van der Waals surface area contributed by atoms with Crippen molar-refractivity contribution in [3.8, 4) is 0 Å². The van der Waals surface area contributed by atoms with Gasteiger partial charge in [0.1, 0.15) is 5.69 Å². The van der Waals surface area contributed by atoms with Crippen LogP contribution in [-0.2, 0) is 7.05 Å². The summed E-state index contributed by atoms with van der Waals surface area (Å²) in [5.41, 5.74) is 2.93. The highest BCUT2D eigenvalue weighted by Gasteiger charge is 2.20. The molecule has 3 aromatic rings. The first kappa shape index (κ1) is 15.0. The first-order chi connectivity index (χ1) is 10.5. The largest absolute Gasteiger partial charge is 0.334 e. The lowest BCUT2D eigenvalue weighted by Gasteiger charge is -2.07. The molecule has 5 nitrogen and oxygen atoms in total. The molecule has 3 rings (SSSR count). The number of hydrogen-bond acceptors (Lipinski definition) is 4. The van der Waals surface area contributed by atoms with Crippen LogP contribution in [-0.4, -0.2) is 20.4 Å².